The van der Waals surface area contributed by atoms with Crippen LogP contribution in [0, 0.1) is 5.82 Å². The van der Waals surface area contributed by atoms with Gasteiger partial charge in [-0.15, -0.1) is 0 Å². The average molecular weight is 351 g/mol. The van der Waals surface area contributed by atoms with Crippen LogP contribution in [-0.4, -0.2) is 31.6 Å². The van der Waals surface area contributed by atoms with Gasteiger partial charge in [0.1, 0.15) is 11.6 Å². The number of nitrogens with zero attached hydrogens (tertiary/aromatic N) is 4. The summed E-state index contributed by atoms with van der Waals surface area (Å²) in [5.74, 6) is 0.644. The first-order valence-electron chi connectivity index (χ1n) is 9.08. The Morgan fingerprint density at radius 2 is 1.96 bits per heavy atom. The molecule has 1 aliphatic heterocycles. The number of H-pyrrole nitrogens is 1. The van der Waals surface area contributed by atoms with E-state index in [4.69, 9.17) is 0 Å². The molecule has 1 aliphatic rings. The molecule has 3 heterocycles. The second-order valence-corrected chi connectivity index (χ2v) is 6.67. The summed E-state index contributed by atoms with van der Waals surface area (Å²) in [5.41, 5.74) is 3.52. The molecule has 1 saturated heterocycles. The van der Waals surface area contributed by atoms with E-state index in [1.165, 1.54) is 6.07 Å². The van der Waals surface area contributed by atoms with Crippen LogP contribution >= 0.6 is 0 Å². The molecule has 1 atom stereocenters. The summed E-state index contributed by atoms with van der Waals surface area (Å²) in [4.78, 5) is 11.2. The molecule has 3 aromatic rings. The van der Waals surface area contributed by atoms with Gasteiger partial charge in [0.25, 0.3) is 0 Å². The molecule has 134 valence electrons. The molecular weight excluding hydrogens is 329 g/mol. The van der Waals surface area contributed by atoms with Crippen LogP contribution in [0.3, 0.4) is 0 Å². The molecule has 26 heavy (non-hydrogen) atoms. The topological polar surface area (TPSA) is 57.7 Å². The highest BCUT2D eigenvalue weighted by molar-refractivity contribution is 5.66. The van der Waals surface area contributed by atoms with Gasteiger partial charge < -0.3 is 0 Å². The number of benzene rings is 1. The molecule has 0 amide bonds. The van der Waals surface area contributed by atoms with E-state index < -0.39 is 0 Å². The van der Waals surface area contributed by atoms with Crippen molar-refractivity contribution in [3.63, 3.8) is 0 Å². The Bertz CT molecular complexity index is 874. The zero-order chi connectivity index (χ0) is 17.9. The van der Waals surface area contributed by atoms with Crippen LogP contribution in [0.25, 0.3) is 11.1 Å². The van der Waals surface area contributed by atoms with Crippen molar-refractivity contribution in [2.24, 2.45) is 0 Å². The van der Waals surface area contributed by atoms with Crippen molar-refractivity contribution in [3.8, 4) is 11.1 Å². The normalized spacial score (nSPS) is 17.7. The number of rotatable bonds is 5. The summed E-state index contributed by atoms with van der Waals surface area (Å²) in [7, 11) is 0. The first kappa shape index (κ1) is 16.8. The van der Waals surface area contributed by atoms with E-state index >= 15 is 0 Å². The predicted molar refractivity (Wildman–Crippen MR) is 97.8 cm³/mol. The number of aryl methyl sites for hydroxylation is 1. The van der Waals surface area contributed by atoms with Gasteiger partial charge in [0, 0.05) is 42.0 Å². The maximum Gasteiger partial charge on any atom is 0.131 e. The molecule has 0 unspecified atom stereocenters. The van der Waals surface area contributed by atoms with Crippen molar-refractivity contribution >= 4 is 0 Å². The second-order valence-electron chi connectivity index (χ2n) is 6.67. The van der Waals surface area contributed by atoms with Gasteiger partial charge in [0.15, 0.2) is 0 Å². The lowest BCUT2D eigenvalue weighted by molar-refractivity contribution is 0.244. The summed E-state index contributed by atoms with van der Waals surface area (Å²) >= 11 is 0. The molecule has 0 saturated carbocycles. The van der Waals surface area contributed by atoms with Crippen LogP contribution < -0.4 is 0 Å². The molecule has 1 aromatic carbocycles. The van der Waals surface area contributed by atoms with E-state index in [2.05, 4.69) is 25.1 Å². The Morgan fingerprint density at radius 3 is 2.73 bits per heavy atom. The Hall–Kier alpha value is -2.60. The molecule has 1 N–H and O–H groups in total. The van der Waals surface area contributed by atoms with Gasteiger partial charge in [-0.3, -0.25) is 10.00 Å². The smallest absolute Gasteiger partial charge is 0.131 e. The molecule has 0 spiro atoms. The van der Waals surface area contributed by atoms with Crippen molar-refractivity contribution in [3.05, 3.63) is 65.8 Å². The minimum Gasteiger partial charge on any atom is -0.290 e. The summed E-state index contributed by atoms with van der Waals surface area (Å²) < 4.78 is 14.3. The Kier molecular flexibility index (Phi) is 4.75. The van der Waals surface area contributed by atoms with Crippen molar-refractivity contribution in [1.29, 1.82) is 0 Å². The molecule has 0 radical (unpaired) electrons. The van der Waals surface area contributed by atoms with Crippen LogP contribution in [0.4, 0.5) is 4.39 Å². The zero-order valence-corrected chi connectivity index (χ0v) is 14.8. The lowest BCUT2D eigenvalue weighted by Crippen LogP contribution is -2.23. The maximum atomic E-state index is 14.3. The Labute approximate surface area is 152 Å². The lowest BCUT2D eigenvalue weighted by atomic mass is 10.0. The van der Waals surface area contributed by atoms with Crippen LogP contribution in [0.15, 0.2) is 42.9 Å². The minimum absolute atomic E-state index is 0.193. The third-order valence-electron chi connectivity index (χ3n) is 4.99. The molecular formula is C20H22FN5. The van der Waals surface area contributed by atoms with Gasteiger partial charge in [0.2, 0.25) is 0 Å². The standard InChI is InChI=1S/C20H22FN5/c1-2-19-22-10-14(11-23-19)13-26-9-5-8-18(26)20-16(12-24-25-20)15-6-3-4-7-17(15)21/h3-4,6-7,10-12,18H,2,5,8-9,13H2,1H3,(H,24,25)/t18-/m1/s1. The molecule has 2 aromatic heterocycles. The van der Waals surface area contributed by atoms with Crippen molar-refractivity contribution < 1.29 is 4.39 Å². The van der Waals surface area contributed by atoms with Crippen LogP contribution in [0.1, 0.15) is 42.9 Å². The van der Waals surface area contributed by atoms with E-state index in [-0.39, 0.29) is 11.9 Å². The van der Waals surface area contributed by atoms with Gasteiger partial charge in [0.05, 0.1) is 17.9 Å². The molecule has 1 fully saturated rings. The fourth-order valence-corrected chi connectivity index (χ4v) is 3.67. The molecule has 4 rings (SSSR count). The summed E-state index contributed by atoms with van der Waals surface area (Å²) in [5, 5.41) is 7.32. The van der Waals surface area contributed by atoms with Gasteiger partial charge in [-0.05, 0) is 25.5 Å². The van der Waals surface area contributed by atoms with Gasteiger partial charge in [-0.2, -0.15) is 5.10 Å². The fraction of sp³-hybridized carbons (Fsp3) is 0.350. The third-order valence-corrected chi connectivity index (χ3v) is 4.99. The van der Waals surface area contributed by atoms with E-state index in [9.17, 15) is 4.39 Å². The number of halogens is 1. The van der Waals surface area contributed by atoms with Crippen molar-refractivity contribution in [1.82, 2.24) is 25.1 Å². The highest BCUT2D eigenvalue weighted by Crippen LogP contribution is 2.37. The second kappa shape index (κ2) is 7.33. The van der Waals surface area contributed by atoms with E-state index in [1.807, 2.05) is 25.4 Å². The zero-order valence-electron chi connectivity index (χ0n) is 14.8. The third kappa shape index (κ3) is 3.24. The fourth-order valence-electron chi connectivity index (χ4n) is 3.67. The molecule has 0 aliphatic carbocycles. The van der Waals surface area contributed by atoms with Gasteiger partial charge >= 0.3 is 0 Å². The van der Waals surface area contributed by atoms with E-state index in [0.29, 0.717) is 5.56 Å². The number of hydrogen-bond donors (Lipinski definition) is 1. The van der Waals surface area contributed by atoms with E-state index in [0.717, 1.165) is 55.0 Å². The highest BCUT2D eigenvalue weighted by atomic mass is 19.1. The molecule has 0 bridgehead atoms. The van der Waals surface area contributed by atoms with Gasteiger partial charge in [-0.25, -0.2) is 14.4 Å². The number of aromatic amines is 1. The quantitative estimate of drug-likeness (QED) is 0.757. The largest absolute Gasteiger partial charge is 0.290 e. The average Bonchev–Trinajstić information content (AvgIpc) is 3.31. The molecule has 5 nitrogen and oxygen atoms in total. The minimum atomic E-state index is -0.219. The summed E-state index contributed by atoms with van der Waals surface area (Å²) in [6.45, 7) is 3.83. The lowest BCUT2D eigenvalue weighted by Gasteiger charge is -2.24. The number of aromatic nitrogens is 4. The van der Waals surface area contributed by atoms with Crippen molar-refractivity contribution in [2.75, 3.05) is 6.54 Å². The van der Waals surface area contributed by atoms with Crippen LogP contribution in [0.5, 0.6) is 0 Å². The monoisotopic (exact) mass is 351 g/mol. The predicted octanol–water partition coefficient (Wildman–Crippen LogP) is 3.91. The van der Waals surface area contributed by atoms with E-state index in [1.54, 1.807) is 18.3 Å². The Morgan fingerprint density at radius 1 is 1.15 bits per heavy atom. The highest BCUT2D eigenvalue weighted by Gasteiger charge is 2.30. The summed E-state index contributed by atoms with van der Waals surface area (Å²) in [6.07, 6.45) is 8.51. The summed E-state index contributed by atoms with van der Waals surface area (Å²) in [6, 6.07) is 7.05. The molecule has 6 heteroatoms. The number of nitrogens with one attached hydrogen (secondary N) is 1. The Balaban J connectivity index is 1.59. The number of hydrogen-bond acceptors (Lipinski definition) is 4. The van der Waals surface area contributed by atoms with Crippen molar-refractivity contribution in [2.45, 2.75) is 38.8 Å². The first-order chi connectivity index (χ1) is 12.8. The SMILES string of the molecule is CCc1ncc(CN2CCC[C@@H]2c2[nH]ncc2-c2ccccc2F)cn1. The maximum absolute atomic E-state index is 14.3. The first-order valence-corrected chi connectivity index (χ1v) is 9.08. The van der Waals surface area contributed by atoms with Crippen LogP contribution in [0.2, 0.25) is 0 Å². The van der Waals surface area contributed by atoms with Crippen LogP contribution in [-0.2, 0) is 13.0 Å². The van der Waals surface area contributed by atoms with Gasteiger partial charge in [-0.1, -0.05) is 25.1 Å². The number of likely N-dealkylation sites (tertiary alicyclic amines) is 1.